The number of carbonyl (C=O) groups is 3. The Balaban J connectivity index is 1.85. The maximum Gasteiger partial charge on any atom is 0.326 e. The van der Waals surface area contributed by atoms with E-state index < -0.39 is 29.9 Å². The lowest BCUT2D eigenvalue weighted by Gasteiger charge is -2.26. The Labute approximate surface area is 180 Å². The summed E-state index contributed by atoms with van der Waals surface area (Å²) in [6.45, 7) is 7.18. The van der Waals surface area contributed by atoms with Crippen molar-refractivity contribution >= 4 is 39.6 Å². The van der Waals surface area contributed by atoms with Gasteiger partial charge in [-0.1, -0.05) is 52.3 Å². The Morgan fingerprint density at radius 1 is 1.03 bits per heavy atom. The van der Waals surface area contributed by atoms with Crippen LogP contribution in [0.4, 0.5) is 0 Å². The number of pyridine rings is 1. The monoisotopic (exact) mass is 424 g/mol. The zero-order valence-electron chi connectivity index (χ0n) is 18.1. The van der Waals surface area contributed by atoms with E-state index in [1.807, 2.05) is 38.1 Å². The molecule has 3 rings (SSSR count). The van der Waals surface area contributed by atoms with E-state index in [-0.39, 0.29) is 17.5 Å². The molecule has 2 amide bonds. The highest BCUT2D eigenvalue weighted by molar-refractivity contribution is 6.09. The topological polar surface area (TPSA) is 124 Å². The number of amides is 2. The van der Waals surface area contributed by atoms with Gasteiger partial charge in [0.15, 0.2) is 0 Å². The third-order valence-electron chi connectivity index (χ3n) is 5.64. The molecule has 3 unspecified atom stereocenters. The summed E-state index contributed by atoms with van der Waals surface area (Å²) in [5, 5.41) is 16.5. The van der Waals surface area contributed by atoms with E-state index in [9.17, 15) is 19.5 Å². The molecule has 0 saturated carbocycles. The molecule has 0 saturated heterocycles. The third kappa shape index (κ3) is 4.68. The first-order valence-electron chi connectivity index (χ1n) is 10.4. The van der Waals surface area contributed by atoms with Gasteiger partial charge < -0.3 is 20.7 Å². The second kappa shape index (κ2) is 9.16. The minimum atomic E-state index is -1.11. The number of benzene rings is 1. The predicted octanol–water partition coefficient (Wildman–Crippen LogP) is 3.09. The summed E-state index contributed by atoms with van der Waals surface area (Å²) in [5.74, 6) is -2.59. The summed E-state index contributed by atoms with van der Waals surface area (Å²) in [6, 6.07) is 7.55. The molecule has 0 aliphatic rings. The lowest BCUT2D eigenvalue weighted by atomic mass is 9.96. The van der Waals surface area contributed by atoms with Gasteiger partial charge >= 0.3 is 5.97 Å². The van der Waals surface area contributed by atoms with Crippen molar-refractivity contribution in [3.63, 3.8) is 0 Å². The Bertz CT molecular complexity index is 1120. The number of carboxylic acids is 1. The van der Waals surface area contributed by atoms with Crippen LogP contribution in [-0.2, 0) is 9.59 Å². The zero-order valence-corrected chi connectivity index (χ0v) is 18.1. The molecular formula is C23H28N4O4. The van der Waals surface area contributed by atoms with Gasteiger partial charge in [-0.2, -0.15) is 0 Å². The molecule has 31 heavy (non-hydrogen) atoms. The normalized spacial score (nSPS) is 14.4. The fourth-order valence-electron chi connectivity index (χ4n) is 3.55. The molecule has 0 aliphatic carbocycles. The summed E-state index contributed by atoms with van der Waals surface area (Å²) in [6.07, 6.45) is 2.23. The number of carbonyl (C=O) groups excluding carboxylic acids is 2. The molecule has 8 nitrogen and oxygen atoms in total. The van der Waals surface area contributed by atoms with Crippen LogP contribution >= 0.6 is 0 Å². The quantitative estimate of drug-likeness (QED) is 0.442. The molecule has 3 atom stereocenters. The molecule has 4 N–H and O–H groups in total. The van der Waals surface area contributed by atoms with Crippen molar-refractivity contribution < 1.29 is 19.5 Å². The van der Waals surface area contributed by atoms with Crippen molar-refractivity contribution in [1.82, 2.24) is 20.6 Å². The molecule has 164 valence electrons. The molecule has 0 aliphatic heterocycles. The molecule has 0 bridgehead atoms. The Morgan fingerprint density at radius 2 is 1.74 bits per heavy atom. The Hall–Kier alpha value is -3.42. The van der Waals surface area contributed by atoms with Crippen LogP contribution in [0, 0.1) is 11.8 Å². The van der Waals surface area contributed by atoms with Gasteiger partial charge in [0, 0.05) is 16.3 Å². The van der Waals surface area contributed by atoms with Gasteiger partial charge in [0.1, 0.15) is 17.8 Å². The second-order valence-electron chi connectivity index (χ2n) is 8.19. The van der Waals surface area contributed by atoms with Gasteiger partial charge in [0.2, 0.25) is 5.91 Å². The zero-order chi connectivity index (χ0) is 22.7. The number of aromatic nitrogens is 2. The molecule has 3 aromatic rings. The van der Waals surface area contributed by atoms with Crippen molar-refractivity contribution in [2.24, 2.45) is 11.8 Å². The summed E-state index contributed by atoms with van der Waals surface area (Å²) in [4.78, 5) is 44.8. The van der Waals surface area contributed by atoms with Crippen LogP contribution in [0.1, 0.15) is 44.6 Å². The van der Waals surface area contributed by atoms with Gasteiger partial charge in [0.05, 0.1) is 11.7 Å². The SMILES string of the molecule is CCC(C)C(NC(=O)c1cc2c(cn1)[nH]c1ccccc12)C(=O)NC(C(=O)O)C(C)C. The van der Waals surface area contributed by atoms with E-state index in [0.717, 1.165) is 21.8 Å². The van der Waals surface area contributed by atoms with Crippen LogP contribution < -0.4 is 10.6 Å². The average molecular weight is 425 g/mol. The predicted molar refractivity (Wildman–Crippen MR) is 119 cm³/mol. The van der Waals surface area contributed by atoms with Crippen LogP contribution in [0.3, 0.4) is 0 Å². The van der Waals surface area contributed by atoms with E-state index >= 15 is 0 Å². The molecular weight excluding hydrogens is 396 g/mol. The number of carboxylic acid groups (broad SMARTS) is 1. The van der Waals surface area contributed by atoms with Crippen LogP contribution in [0.5, 0.6) is 0 Å². The fourth-order valence-corrected chi connectivity index (χ4v) is 3.55. The number of hydrogen-bond donors (Lipinski definition) is 4. The third-order valence-corrected chi connectivity index (χ3v) is 5.64. The van der Waals surface area contributed by atoms with Crippen molar-refractivity contribution in [3.05, 3.63) is 42.2 Å². The first-order chi connectivity index (χ1) is 14.7. The Kier molecular flexibility index (Phi) is 6.58. The smallest absolute Gasteiger partial charge is 0.326 e. The van der Waals surface area contributed by atoms with E-state index in [1.165, 1.54) is 0 Å². The van der Waals surface area contributed by atoms with Crippen molar-refractivity contribution in [2.75, 3.05) is 0 Å². The standard InChI is InChI=1S/C23H28N4O4/c1-5-13(4)20(22(29)26-19(12(2)3)23(30)31)27-21(28)17-10-15-14-8-6-7-9-16(14)25-18(15)11-24-17/h6-13,19-20,25H,5H2,1-4H3,(H,26,29)(H,27,28)(H,30,31). The molecule has 8 heteroatoms. The van der Waals surface area contributed by atoms with Crippen molar-refractivity contribution in [2.45, 2.75) is 46.2 Å². The number of para-hydroxylation sites is 1. The lowest BCUT2D eigenvalue weighted by Crippen LogP contribution is -2.55. The average Bonchev–Trinajstić information content (AvgIpc) is 3.12. The second-order valence-corrected chi connectivity index (χ2v) is 8.19. The van der Waals surface area contributed by atoms with Crippen LogP contribution in [0.15, 0.2) is 36.5 Å². The highest BCUT2D eigenvalue weighted by Crippen LogP contribution is 2.25. The maximum absolute atomic E-state index is 13.0. The van der Waals surface area contributed by atoms with Crippen LogP contribution in [0.2, 0.25) is 0 Å². The van der Waals surface area contributed by atoms with Crippen molar-refractivity contribution in [3.8, 4) is 0 Å². The first kappa shape index (κ1) is 22.3. The van der Waals surface area contributed by atoms with Crippen LogP contribution in [-0.4, -0.2) is 44.9 Å². The minimum Gasteiger partial charge on any atom is -0.480 e. The fraction of sp³-hybridized carbons (Fsp3) is 0.391. The number of rotatable bonds is 8. The number of nitrogens with one attached hydrogen (secondary N) is 3. The molecule has 2 heterocycles. The van der Waals surface area contributed by atoms with E-state index in [4.69, 9.17) is 0 Å². The van der Waals surface area contributed by atoms with Gasteiger partial charge in [-0.25, -0.2) is 9.78 Å². The van der Waals surface area contributed by atoms with E-state index in [0.29, 0.717) is 6.42 Å². The summed E-state index contributed by atoms with van der Waals surface area (Å²) >= 11 is 0. The number of fused-ring (bicyclic) bond motifs is 3. The number of aliphatic carboxylic acids is 1. The van der Waals surface area contributed by atoms with Crippen LogP contribution in [0.25, 0.3) is 21.8 Å². The largest absolute Gasteiger partial charge is 0.480 e. The molecule has 1 aromatic carbocycles. The van der Waals surface area contributed by atoms with E-state index in [1.54, 1.807) is 26.1 Å². The van der Waals surface area contributed by atoms with E-state index in [2.05, 4.69) is 20.6 Å². The maximum atomic E-state index is 13.0. The summed E-state index contributed by atoms with van der Waals surface area (Å²) in [5.41, 5.74) is 1.95. The van der Waals surface area contributed by atoms with Gasteiger partial charge in [0.25, 0.3) is 5.91 Å². The number of nitrogens with zero attached hydrogens (tertiary/aromatic N) is 1. The molecule has 0 spiro atoms. The van der Waals surface area contributed by atoms with Crippen molar-refractivity contribution in [1.29, 1.82) is 0 Å². The van der Waals surface area contributed by atoms with Gasteiger partial charge in [-0.3, -0.25) is 9.59 Å². The highest BCUT2D eigenvalue weighted by Gasteiger charge is 2.31. The minimum absolute atomic E-state index is 0.192. The summed E-state index contributed by atoms with van der Waals surface area (Å²) < 4.78 is 0. The number of H-pyrrole nitrogens is 1. The lowest BCUT2D eigenvalue weighted by molar-refractivity contribution is -0.143. The number of aromatic amines is 1. The molecule has 0 fully saturated rings. The molecule has 2 aromatic heterocycles. The first-order valence-corrected chi connectivity index (χ1v) is 10.4. The molecule has 0 radical (unpaired) electrons. The van der Waals surface area contributed by atoms with Gasteiger partial charge in [-0.05, 0) is 24.0 Å². The van der Waals surface area contributed by atoms with Gasteiger partial charge in [-0.15, -0.1) is 0 Å². The Morgan fingerprint density at radius 3 is 2.39 bits per heavy atom. The highest BCUT2D eigenvalue weighted by atomic mass is 16.4. The number of hydrogen-bond acceptors (Lipinski definition) is 4. The summed E-state index contributed by atoms with van der Waals surface area (Å²) in [7, 11) is 0.